The molecule has 32 heavy (non-hydrogen) atoms. The van der Waals surface area contributed by atoms with Gasteiger partial charge in [0.05, 0.1) is 19.1 Å². The van der Waals surface area contributed by atoms with Crippen molar-refractivity contribution in [2.24, 2.45) is 5.92 Å². The van der Waals surface area contributed by atoms with Crippen LogP contribution in [0, 0.1) is 5.92 Å². The number of rotatable bonds is 9. The fourth-order valence-electron chi connectivity index (χ4n) is 4.45. The molecule has 1 amide bonds. The first-order chi connectivity index (χ1) is 15.8. The molecular weight excluding hydrogens is 402 g/mol. The maximum Gasteiger partial charge on any atom is 0.224 e. The average Bonchev–Trinajstić information content (AvgIpc) is 2.84. The van der Waals surface area contributed by atoms with Crippen molar-refractivity contribution in [3.8, 4) is 5.75 Å². The van der Waals surface area contributed by atoms with Crippen LogP contribution in [0.4, 0.5) is 0 Å². The molecule has 0 radical (unpaired) electrons. The van der Waals surface area contributed by atoms with Gasteiger partial charge in [-0.1, -0.05) is 42.5 Å². The topological polar surface area (TPSA) is 54.0 Å². The maximum atomic E-state index is 12.8. The quantitative estimate of drug-likeness (QED) is 0.654. The van der Waals surface area contributed by atoms with Gasteiger partial charge in [-0.05, 0) is 42.6 Å². The van der Waals surface area contributed by atoms with Crippen molar-refractivity contribution in [2.75, 3.05) is 52.5 Å². The highest BCUT2D eigenvalue weighted by molar-refractivity contribution is 5.79. The van der Waals surface area contributed by atoms with Crippen LogP contribution in [-0.2, 0) is 22.6 Å². The second-order valence-corrected chi connectivity index (χ2v) is 8.73. The lowest BCUT2D eigenvalue weighted by atomic mass is 9.96. The Balaban J connectivity index is 1.20. The van der Waals surface area contributed by atoms with E-state index in [2.05, 4.69) is 39.4 Å². The van der Waals surface area contributed by atoms with E-state index in [1.807, 2.05) is 30.3 Å². The van der Waals surface area contributed by atoms with E-state index in [-0.39, 0.29) is 11.8 Å². The third kappa shape index (κ3) is 7.05. The third-order valence-electron chi connectivity index (χ3n) is 6.27. The van der Waals surface area contributed by atoms with Crippen molar-refractivity contribution in [1.29, 1.82) is 0 Å². The van der Waals surface area contributed by atoms with Crippen LogP contribution in [0.25, 0.3) is 0 Å². The molecule has 2 aliphatic heterocycles. The number of carbonyl (C=O) groups is 1. The molecule has 1 unspecified atom stereocenters. The summed E-state index contributed by atoms with van der Waals surface area (Å²) in [5, 5.41) is 3.14. The zero-order valence-corrected chi connectivity index (χ0v) is 18.9. The smallest absolute Gasteiger partial charge is 0.224 e. The van der Waals surface area contributed by atoms with Gasteiger partial charge in [-0.15, -0.1) is 0 Å². The number of benzene rings is 2. The summed E-state index contributed by atoms with van der Waals surface area (Å²) in [5.74, 6) is 1.07. The molecule has 4 rings (SSSR count). The highest BCUT2D eigenvalue weighted by Crippen LogP contribution is 2.19. The van der Waals surface area contributed by atoms with Crippen molar-refractivity contribution in [2.45, 2.75) is 25.9 Å². The highest BCUT2D eigenvalue weighted by Gasteiger charge is 2.25. The van der Waals surface area contributed by atoms with Gasteiger partial charge in [-0.25, -0.2) is 0 Å². The van der Waals surface area contributed by atoms with E-state index < -0.39 is 0 Å². The second-order valence-electron chi connectivity index (χ2n) is 8.73. The van der Waals surface area contributed by atoms with E-state index in [1.54, 1.807) is 0 Å². The molecule has 0 aromatic heterocycles. The first-order valence-corrected chi connectivity index (χ1v) is 11.8. The Morgan fingerprint density at radius 1 is 1.00 bits per heavy atom. The fraction of sp³-hybridized carbons (Fsp3) is 0.500. The van der Waals surface area contributed by atoms with Crippen molar-refractivity contribution in [3.63, 3.8) is 0 Å². The Labute approximate surface area is 191 Å². The van der Waals surface area contributed by atoms with Gasteiger partial charge in [0.2, 0.25) is 5.91 Å². The van der Waals surface area contributed by atoms with E-state index in [0.717, 1.165) is 76.6 Å². The molecular formula is C26H35N3O3. The van der Waals surface area contributed by atoms with Crippen LogP contribution in [0.3, 0.4) is 0 Å². The van der Waals surface area contributed by atoms with Crippen LogP contribution in [-0.4, -0.2) is 68.3 Å². The molecule has 0 aliphatic carbocycles. The van der Waals surface area contributed by atoms with Crippen LogP contribution in [0.1, 0.15) is 24.0 Å². The maximum absolute atomic E-state index is 12.8. The molecule has 6 heteroatoms. The number of nitrogens with zero attached hydrogens (tertiary/aromatic N) is 2. The van der Waals surface area contributed by atoms with Gasteiger partial charge >= 0.3 is 0 Å². The molecule has 0 spiro atoms. The lowest BCUT2D eigenvalue weighted by Crippen LogP contribution is -2.42. The normalized spacial score (nSPS) is 20.1. The second kappa shape index (κ2) is 12.0. The zero-order chi connectivity index (χ0) is 22.0. The number of morpholine rings is 1. The van der Waals surface area contributed by atoms with Gasteiger partial charge in [0, 0.05) is 39.3 Å². The Hall–Kier alpha value is -2.41. The predicted octanol–water partition coefficient (Wildman–Crippen LogP) is 2.93. The van der Waals surface area contributed by atoms with Crippen molar-refractivity contribution in [3.05, 3.63) is 65.7 Å². The standard InChI is InChI=1S/C26H35N3O3/c30-26(24-9-5-11-29(21-24)20-22-6-2-1-3-7-22)27-19-23-8-4-10-25(18-23)32-17-14-28-12-15-31-16-13-28/h1-4,6-8,10,18,24H,5,9,11-17,19-21H2,(H,27,30). The number of ether oxygens (including phenoxy) is 2. The first-order valence-electron chi connectivity index (χ1n) is 11.8. The summed E-state index contributed by atoms with van der Waals surface area (Å²) < 4.78 is 11.3. The minimum atomic E-state index is 0.0559. The summed E-state index contributed by atoms with van der Waals surface area (Å²) in [6, 6.07) is 18.5. The summed E-state index contributed by atoms with van der Waals surface area (Å²) in [6.45, 7) is 8.46. The Bertz CT molecular complexity index is 839. The first kappa shape index (κ1) is 22.8. The number of likely N-dealkylation sites (tertiary alicyclic amines) is 1. The molecule has 172 valence electrons. The minimum Gasteiger partial charge on any atom is -0.492 e. The van der Waals surface area contributed by atoms with Crippen LogP contribution in [0.15, 0.2) is 54.6 Å². The molecule has 1 atom stereocenters. The van der Waals surface area contributed by atoms with Gasteiger partial charge < -0.3 is 14.8 Å². The molecule has 2 fully saturated rings. The van der Waals surface area contributed by atoms with Gasteiger partial charge in [0.25, 0.3) is 0 Å². The summed E-state index contributed by atoms with van der Waals surface area (Å²) in [5.41, 5.74) is 2.37. The lowest BCUT2D eigenvalue weighted by molar-refractivity contribution is -0.126. The fourth-order valence-corrected chi connectivity index (χ4v) is 4.45. The Kier molecular flexibility index (Phi) is 8.54. The van der Waals surface area contributed by atoms with E-state index in [9.17, 15) is 4.79 Å². The van der Waals surface area contributed by atoms with Crippen molar-refractivity contribution in [1.82, 2.24) is 15.1 Å². The molecule has 0 saturated carbocycles. The molecule has 2 saturated heterocycles. The summed E-state index contributed by atoms with van der Waals surface area (Å²) in [7, 11) is 0. The monoisotopic (exact) mass is 437 g/mol. The average molecular weight is 438 g/mol. The largest absolute Gasteiger partial charge is 0.492 e. The number of amides is 1. The highest BCUT2D eigenvalue weighted by atomic mass is 16.5. The predicted molar refractivity (Wildman–Crippen MR) is 125 cm³/mol. The third-order valence-corrected chi connectivity index (χ3v) is 6.27. The number of hydrogen-bond acceptors (Lipinski definition) is 5. The SMILES string of the molecule is O=C(NCc1cccc(OCCN2CCOCC2)c1)C1CCCN(Cc2ccccc2)C1. The van der Waals surface area contributed by atoms with Crippen LogP contribution >= 0.6 is 0 Å². The van der Waals surface area contributed by atoms with Crippen molar-refractivity contribution >= 4 is 5.91 Å². The Morgan fingerprint density at radius 3 is 2.66 bits per heavy atom. The van der Waals surface area contributed by atoms with Gasteiger partial charge in [-0.3, -0.25) is 14.6 Å². The summed E-state index contributed by atoms with van der Waals surface area (Å²) in [4.78, 5) is 17.6. The zero-order valence-electron chi connectivity index (χ0n) is 18.9. The molecule has 1 N–H and O–H groups in total. The Morgan fingerprint density at radius 2 is 1.81 bits per heavy atom. The number of hydrogen-bond donors (Lipinski definition) is 1. The van der Waals surface area contributed by atoms with Crippen LogP contribution in [0.2, 0.25) is 0 Å². The lowest BCUT2D eigenvalue weighted by Gasteiger charge is -2.32. The number of piperidine rings is 1. The summed E-state index contributed by atoms with van der Waals surface area (Å²) >= 11 is 0. The van der Waals surface area contributed by atoms with Gasteiger partial charge in [0.15, 0.2) is 0 Å². The van der Waals surface area contributed by atoms with E-state index in [0.29, 0.717) is 13.2 Å². The van der Waals surface area contributed by atoms with E-state index in [1.165, 1.54) is 5.56 Å². The van der Waals surface area contributed by atoms with Crippen LogP contribution < -0.4 is 10.1 Å². The van der Waals surface area contributed by atoms with Gasteiger partial charge in [0.1, 0.15) is 12.4 Å². The molecule has 2 heterocycles. The number of carbonyl (C=O) groups excluding carboxylic acids is 1. The van der Waals surface area contributed by atoms with Gasteiger partial charge in [-0.2, -0.15) is 0 Å². The van der Waals surface area contributed by atoms with E-state index in [4.69, 9.17) is 9.47 Å². The molecule has 0 bridgehead atoms. The van der Waals surface area contributed by atoms with Crippen LogP contribution in [0.5, 0.6) is 5.75 Å². The molecule has 6 nitrogen and oxygen atoms in total. The number of nitrogens with one attached hydrogen (secondary N) is 1. The summed E-state index contributed by atoms with van der Waals surface area (Å²) in [6.07, 6.45) is 2.03. The van der Waals surface area contributed by atoms with E-state index >= 15 is 0 Å². The molecule has 2 aromatic carbocycles. The van der Waals surface area contributed by atoms with Crippen molar-refractivity contribution < 1.29 is 14.3 Å². The molecule has 2 aliphatic rings. The molecule has 2 aromatic rings. The minimum absolute atomic E-state index is 0.0559.